The quantitative estimate of drug-likeness (QED) is 0.183. The van der Waals surface area contributed by atoms with Gasteiger partial charge in [-0.3, -0.25) is 0 Å². The molecule has 5 heteroatoms. The molecule has 9 atom stereocenters. The van der Waals surface area contributed by atoms with Crippen LogP contribution in [0.25, 0.3) is 0 Å². The molecular formula is C41H68O3SSi. The van der Waals surface area contributed by atoms with Gasteiger partial charge in [0, 0.05) is 15.7 Å². The molecule has 5 rings (SSSR count). The highest BCUT2D eigenvalue weighted by Gasteiger charge is 2.59. The van der Waals surface area contributed by atoms with Gasteiger partial charge in [-0.05, 0) is 147 Å². The van der Waals surface area contributed by atoms with Gasteiger partial charge < -0.3 is 4.43 Å². The van der Waals surface area contributed by atoms with Crippen LogP contribution in [-0.2, 0) is 14.3 Å². The summed E-state index contributed by atoms with van der Waals surface area (Å²) in [4.78, 5) is -0.135. The molecule has 1 aromatic carbocycles. The maximum Gasteiger partial charge on any atom is 0.192 e. The van der Waals surface area contributed by atoms with Crippen LogP contribution >= 0.6 is 0 Å². The first-order valence-corrected chi connectivity index (χ1v) is 22.7. The molecule has 0 saturated heterocycles. The van der Waals surface area contributed by atoms with Crippen molar-refractivity contribution >= 4 is 18.2 Å². The minimum absolute atomic E-state index is 0.0316. The van der Waals surface area contributed by atoms with E-state index in [1.807, 2.05) is 0 Å². The first-order chi connectivity index (χ1) is 24.1. The third-order valence-corrected chi connectivity index (χ3v) is 21.8. The van der Waals surface area contributed by atoms with Gasteiger partial charge in [0.1, 0.15) is 0 Å². The van der Waals surface area contributed by atoms with Crippen molar-refractivity contribution in [1.29, 1.82) is 0 Å². The Balaban J connectivity index is 1.40. The van der Waals surface area contributed by atoms with Gasteiger partial charge in [-0.2, -0.15) is 0 Å². The molecule has 0 amide bonds. The van der Waals surface area contributed by atoms with Crippen molar-refractivity contribution in [3.8, 4) is 0 Å². The summed E-state index contributed by atoms with van der Waals surface area (Å²) >= 11 is 0. The molecular weight excluding hydrogens is 601 g/mol. The van der Waals surface area contributed by atoms with Gasteiger partial charge >= 0.3 is 0 Å². The number of fused-ring (bicyclic) bond motifs is 5. The van der Waals surface area contributed by atoms with Crippen LogP contribution in [0.15, 0.2) is 46.9 Å². The Morgan fingerprint density at radius 3 is 2.37 bits per heavy atom. The third kappa shape index (κ3) is 5.97. The molecule has 3 saturated carbocycles. The Hall–Kier alpha value is -0.913. The average molecular weight is 676 g/mol. The number of hydrogen-bond acceptors (Lipinski definition) is 3. The Bertz CT molecular complexity index is 1600. The molecule has 46 heavy (non-hydrogen) atoms. The van der Waals surface area contributed by atoms with E-state index in [0.29, 0.717) is 36.2 Å². The molecule has 1 aromatic rings. The zero-order valence-corrected chi connectivity index (χ0v) is 32.2. The van der Waals surface area contributed by atoms with Crippen LogP contribution in [0.4, 0.5) is 0 Å². The van der Waals surface area contributed by atoms with Crippen molar-refractivity contribution in [2.24, 2.45) is 46.3 Å². The van der Waals surface area contributed by atoms with E-state index in [2.05, 4.69) is 60.7 Å². The van der Waals surface area contributed by atoms with Crippen LogP contribution < -0.4 is 0 Å². The van der Waals surface area contributed by atoms with Gasteiger partial charge in [-0.1, -0.05) is 92.0 Å². The summed E-state index contributed by atoms with van der Waals surface area (Å²) in [5, 5.41) is 0.188. The molecule has 0 spiro atoms. The van der Waals surface area contributed by atoms with Gasteiger partial charge in [0.2, 0.25) is 0 Å². The molecule has 0 bridgehead atoms. The zero-order chi connectivity index (χ0) is 39.8. The smallest absolute Gasteiger partial charge is 0.192 e. The molecule has 4 aliphatic rings. The zero-order valence-electron chi connectivity index (χ0n) is 37.3. The van der Waals surface area contributed by atoms with Gasteiger partial charge in [0.05, 0.1) is 9.64 Å². The number of benzene rings is 1. The van der Waals surface area contributed by atoms with Crippen LogP contribution in [0.5, 0.6) is 0 Å². The minimum Gasteiger partial charge on any atom is -0.414 e. The summed E-state index contributed by atoms with van der Waals surface area (Å²) in [6, 6.07) is 7.56. The van der Waals surface area contributed by atoms with Crippen LogP contribution in [-0.4, -0.2) is 27.6 Å². The fourth-order valence-corrected chi connectivity index (χ4v) is 14.1. The maximum atomic E-state index is 14.7. The Kier molecular flexibility index (Phi) is 7.73. The summed E-state index contributed by atoms with van der Waals surface area (Å²) in [5.74, 6) is -1.12. The second-order valence-electron chi connectivity index (χ2n) is 17.8. The molecule has 1 unspecified atom stereocenters. The Morgan fingerprint density at radius 2 is 1.74 bits per heavy atom. The highest BCUT2D eigenvalue weighted by molar-refractivity contribution is 7.92. The van der Waals surface area contributed by atoms with E-state index in [-0.39, 0.29) is 39.5 Å². The first-order valence-electron chi connectivity index (χ1n) is 21.8. The first kappa shape index (κ1) is 27.9. The van der Waals surface area contributed by atoms with Crippen LogP contribution in [0.1, 0.15) is 142 Å². The Morgan fingerprint density at radius 1 is 1.04 bits per heavy atom. The van der Waals surface area contributed by atoms with Crippen molar-refractivity contribution < 1.29 is 22.4 Å². The van der Waals surface area contributed by atoms with E-state index in [1.54, 1.807) is 30.7 Å². The molecule has 260 valence electrons. The summed E-state index contributed by atoms with van der Waals surface area (Å²) in [7, 11) is -6.43. The SMILES string of the molecule is [2H]C([2H])([2H])C([2H])(C([2H])([2H])[2H])C(CC)(CC[C@@H](C)[C@H]1CC[C@H]2[C@@H]3CC=C4C[C@@H](O[Si](C)(C)C(C)(C)C)CC[C@]4(C)[C@H]3CC[C@]12C)S(=O)(=O)c1ccccc1. The van der Waals surface area contributed by atoms with Crippen LogP contribution in [0.3, 0.4) is 0 Å². The second kappa shape index (κ2) is 12.8. The van der Waals surface area contributed by atoms with E-state index < -0.39 is 42.5 Å². The number of rotatable bonds is 10. The standard InChI is InChI=1S/C41H68O3SSi/c1-12-41(29(2)3,45(42,43)33-16-14-13-15-17-33)27-22-30(4)35-20-21-36-34-19-18-31-28-32(44-46(10,11)38(5,6)7)23-25-39(31,8)37(34)24-26-40(35,36)9/h13-18,29-30,32,34-37H,12,19-28H2,1-11H3/t30-,32+,34+,35-,36+,37+,39+,40-,41?/m1/s1/i2D3,3D3,29D. The monoisotopic (exact) mass is 676 g/mol. The van der Waals surface area contributed by atoms with Crippen molar-refractivity contribution in [2.75, 3.05) is 0 Å². The van der Waals surface area contributed by atoms with Crippen LogP contribution in [0.2, 0.25) is 18.1 Å². The lowest BCUT2D eigenvalue weighted by Gasteiger charge is -2.59. The molecule has 0 aromatic heterocycles. The molecule has 0 aliphatic heterocycles. The van der Waals surface area contributed by atoms with Crippen molar-refractivity contribution in [2.45, 2.75) is 167 Å². The molecule has 3 nitrogen and oxygen atoms in total. The normalized spacial score (nSPS) is 38.5. The minimum atomic E-state index is -4.57. The van der Waals surface area contributed by atoms with Gasteiger partial charge in [-0.15, -0.1) is 0 Å². The van der Waals surface area contributed by atoms with Gasteiger partial charge in [0.15, 0.2) is 18.2 Å². The largest absolute Gasteiger partial charge is 0.414 e. The number of hydrogen-bond donors (Lipinski definition) is 0. The van der Waals surface area contributed by atoms with Crippen molar-refractivity contribution in [1.82, 2.24) is 0 Å². The fourth-order valence-electron chi connectivity index (χ4n) is 10.7. The number of sulfone groups is 1. The van der Waals surface area contributed by atoms with Gasteiger partial charge in [0.25, 0.3) is 0 Å². The fraction of sp³-hybridized carbons (Fsp3) is 0.805. The molecule has 0 radical (unpaired) electrons. The van der Waals surface area contributed by atoms with E-state index in [0.717, 1.165) is 44.9 Å². The summed E-state index contributed by atoms with van der Waals surface area (Å²) < 4.78 is 93.6. The molecule has 0 heterocycles. The lowest BCUT2D eigenvalue weighted by atomic mass is 9.47. The maximum absolute atomic E-state index is 14.7. The third-order valence-electron chi connectivity index (χ3n) is 14.7. The van der Waals surface area contributed by atoms with E-state index in [4.69, 9.17) is 12.7 Å². The molecule has 4 aliphatic carbocycles. The van der Waals surface area contributed by atoms with Crippen molar-refractivity contribution in [3.63, 3.8) is 0 Å². The average Bonchev–Trinajstić information content (AvgIpc) is 3.41. The summed E-state index contributed by atoms with van der Waals surface area (Å²) in [6.45, 7) is 13.6. The van der Waals surface area contributed by atoms with E-state index in [1.165, 1.54) is 18.6 Å². The van der Waals surface area contributed by atoms with Crippen LogP contribution in [0, 0.1) is 46.3 Å². The number of allylic oxidation sites excluding steroid dienone is 1. The lowest BCUT2D eigenvalue weighted by Crippen LogP contribution is -2.52. The predicted octanol–water partition coefficient (Wildman–Crippen LogP) is 11.7. The highest BCUT2D eigenvalue weighted by Crippen LogP contribution is 2.67. The lowest BCUT2D eigenvalue weighted by molar-refractivity contribution is -0.0566. The van der Waals surface area contributed by atoms with E-state index >= 15 is 0 Å². The van der Waals surface area contributed by atoms with E-state index in [9.17, 15) is 9.79 Å². The topological polar surface area (TPSA) is 43.4 Å². The molecule has 3 fully saturated rings. The van der Waals surface area contributed by atoms with Gasteiger partial charge in [-0.25, -0.2) is 8.42 Å². The summed E-state index contributed by atoms with van der Waals surface area (Å²) in [6.07, 6.45) is 11.6. The Labute approximate surface area is 295 Å². The highest BCUT2D eigenvalue weighted by atomic mass is 32.2. The predicted molar refractivity (Wildman–Crippen MR) is 197 cm³/mol. The van der Waals surface area contributed by atoms with Crippen molar-refractivity contribution in [3.05, 3.63) is 42.0 Å². The summed E-state index contributed by atoms with van der Waals surface area (Å²) in [5.41, 5.74) is 1.86. The molecule has 0 N–H and O–H groups in total. The second-order valence-corrected chi connectivity index (χ2v) is 24.8.